The van der Waals surface area contributed by atoms with Crippen LogP contribution in [0, 0.1) is 0 Å². The molecule has 3 rings (SSSR count). The molecular weight excluding hydrogens is 336 g/mol. The van der Waals surface area contributed by atoms with E-state index in [1.54, 1.807) is 19.2 Å². The third kappa shape index (κ3) is 4.67. The van der Waals surface area contributed by atoms with Crippen molar-refractivity contribution < 1.29 is 9.53 Å². The molecule has 1 N–H and O–H groups in total. The van der Waals surface area contributed by atoms with Gasteiger partial charge in [0, 0.05) is 24.3 Å². The third-order valence-electron chi connectivity index (χ3n) is 4.41. The Labute approximate surface area is 160 Å². The summed E-state index contributed by atoms with van der Waals surface area (Å²) in [4.78, 5) is 14.7. The van der Waals surface area contributed by atoms with Gasteiger partial charge in [0.05, 0.1) is 12.8 Å². The normalized spacial score (nSPS) is 10.3. The number of methoxy groups -OCH3 is 1. The quantitative estimate of drug-likeness (QED) is 0.646. The highest BCUT2D eigenvalue weighted by atomic mass is 16.5. The lowest BCUT2D eigenvalue weighted by atomic mass is 10.1. The Hall–Kier alpha value is -3.27. The van der Waals surface area contributed by atoms with Gasteiger partial charge in [-0.3, -0.25) is 4.79 Å². The molecule has 4 heteroatoms. The fraction of sp³-hybridized carbons (Fsp3) is 0.174. The first kappa shape index (κ1) is 18.5. The number of amides is 1. The summed E-state index contributed by atoms with van der Waals surface area (Å²) in [6.45, 7) is 3.70. The summed E-state index contributed by atoms with van der Waals surface area (Å²) in [7, 11) is 1.66. The molecule has 3 aromatic rings. The minimum absolute atomic E-state index is 0.127. The lowest BCUT2D eigenvalue weighted by Gasteiger charge is -2.26. The third-order valence-corrected chi connectivity index (χ3v) is 4.41. The average Bonchev–Trinajstić information content (AvgIpc) is 2.73. The van der Waals surface area contributed by atoms with Crippen LogP contribution < -0.4 is 15.0 Å². The lowest BCUT2D eigenvalue weighted by Crippen LogP contribution is -2.23. The van der Waals surface area contributed by atoms with Gasteiger partial charge in [0.25, 0.3) is 5.91 Å². The maximum Gasteiger partial charge on any atom is 0.255 e. The summed E-state index contributed by atoms with van der Waals surface area (Å²) < 4.78 is 5.56. The number of rotatable bonds is 7. The molecule has 0 aliphatic heterocycles. The van der Waals surface area contributed by atoms with Gasteiger partial charge in [-0.2, -0.15) is 0 Å². The Kier molecular flexibility index (Phi) is 6.10. The van der Waals surface area contributed by atoms with Gasteiger partial charge in [-0.25, -0.2) is 0 Å². The van der Waals surface area contributed by atoms with Gasteiger partial charge in [0.1, 0.15) is 5.75 Å². The molecule has 0 radical (unpaired) electrons. The van der Waals surface area contributed by atoms with E-state index in [1.807, 2.05) is 54.6 Å². The number of anilines is 2. The van der Waals surface area contributed by atoms with Crippen LogP contribution in [0.5, 0.6) is 5.75 Å². The van der Waals surface area contributed by atoms with Crippen LogP contribution in [-0.4, -0.2) is 19.6 Å². The van der Waals surface area contributed by atoms with Crippen molar-refractivity contribution in [2.24, 2.45) is 0 Å². The number of nitrogens with one attached hydrogen (secondary N) is 1. The zero-order chi connectivity index (χ0) is 19.1. The van der Waals surface area contributed by atoms with Gasteiger partial charge in [-0.1, -0.05) is 48.5 Å². The fourth-order valence-corrected chi connectivity index (χ4v) is 2.98. The van der Waals surface area contributed by atoms with Gasteiger partial charge in [0.15, 0.2) is 0 Å². The lowest BCUT2D eigenvalue weighted by molar-refractivity contribution is 0.102. The molecule has 0 fully saturated rings. The molecule has 0 aliphatic rings. The molecule has 0 atom stereocenters. The molecule has 0 bridgehead atoms. The number of hydrogen-bond acceptors (Lipinski definition) is 3. The first-order valence-electron chi connectivity index (χ1n) is 9.04. The highest BCUT2D eigenvalue weighted by molar-refractivity contribution is 6.04. The minimum atomic E-state index is -0.127. The topological polar surface area (TPSA) is 41.6 Å². The second-order valence-corrected chi connectivity index (χ2v) is 6.21. The van der Waals surface area contributed by atoms with E-state index in [9.17, 15) is 4.79 Å². The van der Waals surface area contributed by atoms with Gasteiger partial charge < -0.3 is 15.0 Å². The Morgan fingerprint density at radius 1 is 0.963 bits per heavy atom. The molecule has 0 unspecified atom stereocenters. The molecule has 4 nitrogen and oxygen atoms in total. The van der Waals surface area contributed by atoms with Crippen molar-refractivity contribution in [2.45, 2.75) is 13.5 Å². The van der Waals surface area contributed by atoms with Gasteiger partial charge in [0.2, 0.25) is 0 Å². The van der Waals surface area contributed by atoms with Crippen molar-refractivity contribution in [3.05, 3.63) is 90.0 Å². The summed E-state index contributed by atoms with van der Waals surface area (Å²) in [5, 5.41) is 2.97. The van der Waals surface area contributed by atoms with Crippen molar-refractivity contribution in [1.82, 2.24) is 0 Å². The molecule has 1 amide bonds. The van der Waals surface area contributed by atoms with E-state index < -0.39 is 0 Å². The number of carbonyl (C=O) groups is 1. The molecule has 0 heterocycles. The standard InChI is InChI=1S/C23H24N2O2/c1-3-25(17-18-10-6-4-7-11-18)21-16-20(14-15-22(21)27-2)24-23(26)19-12-8-5-9-13-19/h4-16H,3,17H2,1-2H3,(H,24,26). The minimum Gasteiger partial charge on any atom is -0.495 e. The molecule has 3 aromatic carbocycles. The molecule has 0 spiro atoms. The van der Waals surface area contributed by atoms with Crippen molar-refractivity contribution in [3.8, 4) is 5.75 Å². The maximum absolute atomic E-state index is 12.5. The smallest absolute Gasteiger partial charge is 0.255 e. The SMILES string of the molecule is CCN(Cc1ccccc1)c1cc(NC(=O)c2ccccc2)ccc1OC. The van der Waals surface area contributed by atoms with Crippen LogP contribution in [-0.2, 0) is 6.54 Å². The average molecular weight is 360 g/mol. The van der Waals surface area contributed by atoms with E-state index in [4.69, 9.17) is 4.74 Å². The van der Waals surface area contributed by atoms with Crippen molar-refractivity contribution >= 4 is 17.3 Å². The van der Waals surface area contributed by atoms with E-state index >= 15 is 0 Å². The summed E-state index contributed by atoms with van der Waals surface area (Å²) >= 11 is 0. The van der Waals surface area contributed by atoms with Crippen molar-refractivity contribution in [3.63, 3.8) is 0 Å². The molecular formula is C23H24N2O2. The molecule has 0 aliphatic carbocycles. The number of carbonyl (C=O) groups excluding carboxylic acids is 1. The van der Waals surface area contributed by atoms with Crippen molar-refractivity contribution in [1.29, 1.82) is 0 Å². The fourth-order valence-electron chi connectivity index (χ4n) is 2.98. The summed E-state index contributed by atoms with van der Waals surface area (Å²) in [5.74, 6) is 0.656. The molecule has 0 saturated carbocycles. The monoisotopic (exact) mass is 360 g/mol. The Morgan fingerprint density at radius 2 is 1.63 bits per heavy atom. The van der Waals surface area contributed by atoms with Crippen LogP contribution in [0.3, 0.4) is 0 Å². The first-order valence-corrected chi connectivity index (χ1v) is 9.04. The van der Waals surface area contributed by atoms with E-state index in [2.05, 4.69) is 29.3 Å². The number of benzene rings is 3. The van der Waals surface area contributed by atoms with Crippen LogP contribution in [0.4, 0.5) is 11.4 Å². The summed E-state index contributed by atoms with van der Waals surface area (Å²) in [6, 6.07) is 25.2. The van der Waals surface area contributed by atoms with Crippen LogP contribution in [0.25, 0.3) is 0 Å². The largest absolute Gasteiger partial charge is 0.495 e. The molecule has 27 heavy (non-hydrogen) atoms. The van der Waals surface area contributed by atoms with Crippen LogP contribution in [0.1, 0.15) is 22.8 Å². The molecule has 0 aromatic heterocycles. The second kappa shape index (κ2) is 8.90. The highest BCUT2D eigenvalue weighted by Crippen LogP contribution is 2.32. The zero-order valence-corrected chi connectivity index (χ0v) is 15.7. The van der Waals surface area contributed by atoms with Crippen LogP contribution in [0.2, 0.25) is 0 Å². The predicted molar refractivity (Wildman–Crippen MR) is 111 cm³/mol. The van der Waals surface area contributed by atoms with E-state index in [-0.39, 0.29) is 5.91 Å². The van der Waals surface area contributed by atoms with Gasteiger partial charge in [-0.15, -0.1) is 0 Å². The van der Waals surface area contributed by atoms with Crippen LogP contribution in [0.15, 0.2) is 78.9 Å². The predicted octanol–water partition coefficient (Wildman–Crippen LogP) is 4.97. The maximum atomic E-state index is 12.5. The Morgan fingerprint density at radius 3 is 2.26 bits per heavy atom. The number of hydrogen-bond donors (Lipinski definition) is 1. The Bertz CT molecular complexity index is 879. The highest BCUT2D eigenvalue weighted by Gasteiger charge is 2.14. The Balaban J connectivity index is 1.85. The van der Waals surface area contributed by atoms with E-state index in [0.29, 0.717) is 5.56 Å². The zero-order valence-electron chi connectivity index (χ0n) is 15.7. The van der Waals surface area contributed by atoms with Gasteiger partial charge in [-0.05, 0) is 42.8 Å². The number of nitrogens with zero attached hydrogens (tertiary/aromatic N) is 1. The molecule has 0 saturated heterocycles. The van der Waals surface area contributed by atoms with Gasteiger partial charge >= 0.3 is 0 Å². The van der Waals surface area contributed by atoms with Crippen LogP contribution >= 0.6 is 0 Å². The van der Waals surface area contributed by atoms with Crippen molar-refractivity contribution in [2.75, 3.05) is 23.9 Å². The first-order chi connectivity index (χ1) is 13.2. The molecule has 138 valence electrons. The summed E-state index contributed by atoms with van der Waals surface area (Å²) in [5.41, 5.74) is 3.55. The summed E-state index contributed by atoms with van der Waals surface area (Å²) in [6.07, 6.45) is 0. The second-order valence-electron chi connectivity index (χ2n) is 6.21. The number of ether oxygens (including phenoxy) is 1. The van der Waals surface area contributed by atoms with E-state index in [0.717, 1.165) is 30.2 Å². The van der Waals surface area contributed by atoms with E-state index in [1.165, 1.54) is 5.56 Å².